The molecule has 5 rings (SSSR count). The van der Waals surface area contributed by atoms with Crippen LogP contribution in [0.25, 0.3) is 22.4 Å². The van der Waals surface area contributed by atoms with Crippen LogP contribution in [0.15, 0.2) is 73.1 Å². The van der Waals surface area contributed by atoms with Gasteiger partial charge in [0.05, 0.1) is 18.7 Å². The number of aromatic nitrogens is 3. The highest BCUT2D eigenvalue weighted by atomic mass is 35.5. The second-order valence-electron chi connectivity index (χ2n) is 11.0. The molecule has 2 aromatic heterocycles. The molecule has 7 nitrogen and oxygen atoms in total. The van der Waals surface area contributed by atoms with Gasteiger partial charge in [-0.15, -0.1) is 0 Å². The lowest BCUT2D eigenvalue weighted by atomic mass is 10.2. The van der Waals surface area contributed by atoms with Crippen LogP contribution in [-0.4, -0.2) is 52.3 Å². The number of aromatic amines is 1. The average Bonchev–Trinajstić information content (AvgIpc) is 3.68. The predicted molar refractivity (Wildman–Crippen MR) is 185 cm³/mol. The SMILES string of the molecule is CCCCn1c(-c2cccc(Oc3cc(Cl)cc(Cl)c3)c2)nc2c(OCCCN(CC)CC)cc(OCCc3cc[nH]c3)cc21. The minimum Gasteiger partial charge on any atom is -0.493 e. The van der Waals surface area contributed by atoms with Gasteiger partial charge >= 0.3 is 0 Å². The fourth-order valence-corrected chi connectivity index (χ4v) is 5.86. The van der Waals surface area contributed by atoms with Gasteiger partial charge in [0, 0.05) is 59.6 Å². The Kier molecular flexibility index (Phi) is 11.7. The van der Waals surface area contributed by atoms with Crippen LogP contribution in [-0.2, 0) is 13.0 Å². The minimum absolute atomic E-state index is 0.519. The lowest BCUT2D eigenvalue weighted by Gasteiger charge is -2.18. The number of halogens is 2. The first-order valence-electron chi connectivity index (χ1n) is 15.9. The van der Waals surface area contributed by atoms with Crippen molar-refractivity contribution in [1.29, 1.82) is 0 Å². The van der Waals surface area contributed by atoms with Crippen molar-refractivity contribution in [1.82, 2.24) is 19.4 Å². The van der Waals surface area contributed by atoms with Gasteiger partial charge in [-0.05, 0) is 67.9 Å². The Bertz CT molecular complexity index is 1640. The van der Waals surface area contributed by atoms with Crippen LogP contribution in [0.2, 0.25) is 10.0 Å². The standard InChI is InChI=1S/C36H42Cl2N4O3/c1-4-7-16-42-33-23-31(43-18-13-26-12-14-39-25-26)24-34(44-17-9-15-41(5-2)6-3)35(33)40-36(42)27-10-8-11-30(19-27)45-32-21-28(37)20-29(38)22-32/h8,10-12,14,19-25,39H,4-7,9,13,15-18H2,1-3H3. The van der Waals surface area contributed by atoms with Crippen LogP contribution >= 0.6 is 23.2 Å². The molecule has 0 atom stereocenters. The first-order valence-corrected chi connectivity index (χ1v) is 16.6. The minimum atomic E-state index is 0.519. The van der Waals surface area contributed by atoms with Crippen molar-refractivity contribution in [3.63, 3.8) is 0 Å². The summed E-state index contributed by atoms with van der Waals surface area (Å²) in [6, 6.07) is 19.3. The van der Waals surface area contributed by atoms with E-state index in [-0.39, 0.29) is 0 Å². The second kappa shape index (κ2) is 16.1. The molecule has 238 valence electrons. The summed E-state index contributed by atoms with van der Waals surface area (Å²) in [6.07, 6.45) is 7.74. The Balaban J connectivity index is 1.49. The van der Waals surface area contributed by atoms with Crippen LogP contribution in [0.1, 0.15) is 45.6 Å². The third kappa shape index (κ3) is 8.75. The molecule has 0 saturated carbocycles. The lowest BCUT2D eigenvalue weighted by molar-refractivity contribution is 0.249. The number of nitrogens with zero attached hydrogens (tertiary/aromatic N) is 3. The highest BCUT2D eigenvalue weighted by Crippen LogP contribution is 2.37. The maximum absolute atomic E-state index is 6.45. The van der Waals surface area contributed by atoms with Crippen molar-refractivity contribution in [2.45, 2.75) is 53.0 Å². The molecule has 1 N–H and O–H groups in total. The molecule has 45 heavy (non-hydrogen) atoms. The summed E-state index contributed by atoms with van der Waals surface area (Å²) in [4.78, 5) is 10.7. The highest BCUT2D eigenvalue weighted by molar-refractivity contribution is 6.34. The Labute approximate surface area is 276 Å². The van der Waals surface area contributed by atoms with Crippen LogP contribution in [0.5, 0.6) is 23.0 Å². The van der Waals surface area contributed by atoms with E-state index in [0.717, 1.165) is 85.8 Å². The molecular formula is C36H42Cl2N4O3. The van der Waals surface area contributed by atoms with Crippen LogP contribution in [0, 0.1) is 0 Å². The Morgan fingerprint density at radius 3 is 2.40 bits per heavy atom. The molecule has 0 aliphatic rings. The number of nitrogens with one attached hydrogen (secondary N) is 1. The van der Waals surface area contributed by atoms with Crippen molar-refractivity contribution in [3.05, 3.63) is 88.7 Å². The fourth-order valence-electron chi connectivity index (χ4n) is 5.36. The zero-order chi connectivity index (χ0) is 31.6. The maximum atomic E-state index is 6.45. The van der Waals surface area contributed by atoms with Crippen molar-refractivity contribution >= 4 is 34.2 Å². The van der Waals surface area contributed by atoms with Gasteiger partial charge in [0.25, 0.3) is 0 Å². The van der Waals surface area contributed by atoms with E-state index < -0.39 is 0 Å². The van der Waals surface area contributed by atoms with Gasteiger partial charge < -0.3 is 28.7 Å². The van der Waals surface area contributed by atoms with Gasteiger partial charge in [-0.3, -0.25) is 0 Å². The van der Waals surface area contributed by atoms with E-state index >= 15 is 0 Å². The summed E-state index contributed by atoms with van der Waals surface area (Å²) >= 11 is 12.4. The van der Waals surface area contributed by atoms with Crippen molar-refractivity contribution in [2.24, 2.45) is 0 Å². The molecule has 2 heterocycles. The second-order valence-corrected chi connectivity index (χ2v) is 11.9. The fraction of sp³-hybridized carbons (Fsp3) is 0.361. The molecule has 3 aromatic carbocycles. The lowest BCUT2D eigenvalue weighted by Crippen LogP contribution is -2.25. The van der Waals surface area contributed by atoms with E-state index in [1.54, 1.807) is 18.2 Å². The number of imidazole rings is 1. The molecule has 5 aromatic rings. The molecule has 0 fully saturated rings. The van der Waals surface area contributed by atoms with Crippen molar-refractivity contribution in [3.8, 4) is 34.4 Å². The van der Waals surface area contributed by atoms with Gasteiger partial charge in [-0.25, -0.2) is 4.98 Å². The van der Waals surface area contributed by atoms with Gasteiger partial charge in [0.1, 0.15) is 28.6 Å². The third-order valence-corrected chi connectivity index (χ3v) is 8.22. The van der Waals surface area contributed by atoms with Crippen LogP contribution < -0.4 is 14.2 Å². The number of hydrogen-bond donors (Lipinski definition) is 1. The average molecular weight is 650 g/mol. The number of ether oxygens (including phenoxy) is 3. The molecule has 0 bridgehead atoms. The summed E-state index contributed by atoms with van der Waals surface area (Å²) in [7, 11) is 0. The smallest absolute Gasteiger partial charge is 0.150 e. The highest BCUT2D eigenvalue weighted by Gasteiger charge is 2.19. The molecule has 0 saturated heterocycles. The number of aryl methyl sites for hydroxylation is 1. The van der Waals surface area contributed by atoms with Gasteiger partial charge in [0.2, 0.25) is 0 Å². The maximum Gasteiger partial charge on any atom is 0.150 e. The molecule has 0 radical (unpaired) electrons. The summed E-state index contributed by atoms with van der Waals surface area (Å²) in [5.74, 6) is 3.61. The molecule has 9 heteroatoms. The molecule has 0 aliphatic heterocycles. The first-order chi connectivity index (χ1) is 22.0. The summed E-state index contributed by atoms with van der Waals surface area (Å²) in [5.41, 5.74) is 3.97. The Morgan fingerprint density at radius 2 is 1.67 bits per heavy atom. The monoisotopic (exact) mass is 648 g/mol. The van der Waals surface area contributed by atoms with Crippen LogP contribution in [0.4, 0.5) is 0 Å². The molecule has 0 aliphatic carbocycles. The summed E-state index contributed by atoms with van der Waals surface area (Å²) in [5, 5.41) is 1.04. The number of hydrogen-bond acceptors (Lipinski definition) is 5. The summed E-state index contributed by atoms with van der Waals surface area (Å²) in [6.45, 7) is 11.6. The van der Waals surface area contributed by atoms with E-state index in [9.17, 15) is 0 Å². The van der Waals surface area contributed by atoms with E-state index in [2.05, 4.69) is 53.4 Å². The first kappa shape index (κ1) is 32.7. The predicted octanol–water partition coefficient (Wildman–Crippen LogP) is 9.66. The van der Waals surface area contributed by atoms with E-state index in [1.807, 2.05) is 36.7 Å². The summed E-state index contributed by atoms with van der Waals surface area (Å²) < 4.78 is 21.2. The van der Waals surface area contributed by atoms with Crippen molar-refractivity contribution < 1.29 is 14.2 Å². The van der Waals surface area contributed by atoms with E-state index in [0.29, 0.717) is 34.8 Å². The van der Waals surface area contributed by atoms with Crippen molar-refractivity contribution in [2.75, 3.05) is 32.8 Å². The largest absolute Gasteiger partial charge is 0.493 e. The van der Waals surface area contributed by atoms with Gasteiger partial charge in [-0.2, -0.15) is 0 Å². The van der Waals surface area contributed by atoms with Gasteiger partial charge in [-0.1, -0.05) is 62.5 Å². The van der Waals surface area contributed by atoms with Crippen LogP contribution in [0.3, 0.4) is 0 Å². The normalized spacial score (nSPS) is 11.4. The zero-order valence-electron chi connectivity index (χ0n) is 26.3. The Morgan fingerprint density at radius 1 is 0.844 bits per heavy atom. The topological polar surface area (TPSA) is 64.5 Å². The molecular weight excluding hydrogens is 607 g/mol. The van der Waals surface area contributed by atoms with E-state index in [4.69, 9.17) is 42.4 Å². The Hall–Kier alpha value is -3.65. The number of benzene rings is 3. The van der Waals surface area contributed by atoms with E-state index in [1.165, 1.54) is 5.56 Å². The zero-order valence-corrected chi connectivity index (χ0v) is 27.8. The quantitative estimate of drug-likeness (QED) is 0.102. The number of H-pyrrole nitrogens is 1. The molecule has 0 amide bonds. The van der Waals surface area contributed by atoms with Gasteiger partial charge in [0.15, 0.2) is 5.75 Å². The molecule has 0 spiro atoms. The number of unbranched alkanes of at least 4 members (excludes halogenated alkanes) is 1. The third-order valence-electron chi connectivity index (χ3n) is 7.78. The number of fused-ring (bicyclic) bond motifs is 1. The molecule has 0 unspecified atom stereocenters. The number of rotatable bonds is 17.